The zero-order valence-corrected chi connectivity index (χ0v) is 12.0. The monoisotopic (exact) mass is 314 g/mol. The molecule has 106 valence electrons. The third kappa shape index (κ3) is 6.45. The number of hydrogen-bond acceptors (Lipinski definition) is 4. The minimum Gasteiger partial charge on any atom is -0.395 e. The van der Waals surface area contributed by atoms with Gasteiger partial charge in [0.2, 0.25) is 0 Å². The van der Waals surface area contributed by atoms with Gasteiger partial charge in [-0.1, -0.05) is 36.4 Å². The fourth-order valence-corrected chi connectivity index (χ4v) is 2.06. The highest BCUT2D eigenvalue weighted by Gasteiger charge is 2.24. The van der Waals surface area contributed by atoms with E-state index in [0.717, 1.165) is 0 Å². The van der Waals surface area contributed by atoms with Gasteiger partial charge < -0.3 is 13.9 Å². The number of phosphoric ester groups is 1. The number of benzene rings is 2. The first-order chi connectivity index (χ1) is 9.57. The van der Waals surface area contributed by atoms with Crippen LogP contribution >= 0.6 is 16.5 Å². The summed E-state index contributed by atoms with van der Waals surface area (Å²) in [7, 11) is -4.97. The molecule has 0 aromatic heterocycles. The molecule has 0 atom stereocenters. The van der Waals surface area contributed by atoms with Crippen LogP contribution in [0.4, 0.5) is 0 Å². The highest BCUT2D eigenvalue weighted by molar-refractivity contribution is 7.48. The second-order valence-corrected chi connectivity index (χ2v) is 4.82. The molecule has 8 heteroatoms. The average molecular weight is 314 g/mol. The summed E-state index contributed by atoms with van der Waals surface area (Å²) in [5, 5.41) is 0. The summed E-state index contributed by atoms with van der Waals surface area (Å²) in [4.78, 5) is 16.5. The molecule has 0 aliphatic carbocycles. The van der Waals surface area contributed by atoms with Crippen LogP contribution in [0, 0.1) is 0 Å². The lowest BCUT2D eigenvalue weighted by Crippen LogP contribution is -1.99. The molecule has 0 aliphatic heterocycles. The van der Waals surface area contributed by atoms with E-state index in [2.05, 4.69) is 0 Å². The summed E-state index contributed by atoms with van der Waals surface area (Å²) in [5.41, 5.74) is 0. The zero-order chi connectivity index (χ0) is 14.8. The summed E-state index contributed by atoms with van der Waals surface area (Å²) >= 11 is 0. The number of phosphoric acid groups is 1. The van der Waals surface area contributed by atoms with Crippen LogP contribution in [0.1, 0.15) is 0 Å². The highest BCUT2D eigenvalue weighted by Crippen LogP contribution is 2.43. The average Bonchev–Trinajstić information content (AvgIpc) is 2.40. The van der Waals surface area contributed by atoms with Gasteiger partial charge in [-0.15, -0.1) is 0 Å². The number of para-hydroxylation sites is 2. The van der Waals surface area contributed by atoms with Crippen LogP contribution < -0.4 is 9.05 Å². The van der Waals surface area contributed by atoms with Crippen molar-refractivity contribution in [2.45, 2.75) is 0 Å². The molecule has 2 rings (SSSR count). The first-order valence-corrected chi connectivity index (χ1v) is 7.62. The van der Waals surface area contributed by atoms with Gasteiger partial charge >= 0.3 is 16.5 Å². The lowest BCUT2D eigenvalue weighted by molar-refractivity contribution is 0.291. The first kappa shape index (κ1) is 16.3. The Hall–Kier alpha value is -1.71. The molecule has 0 fully saturated rings. The molecule has 0 amide bonds. The maximum Gasteiger partial charge on any atom is 0.584 e. The van der Waals surface area contributed by atoms with Crippen LogP contribution in [0.25, 0.3) is 0 Å². The van der Waals surface area contributed by atoms with Crippen molar-refractivity contribution in [1.29, 1.82) is 0 Å². The summed E-state index contributed by atoms with van der Waals surface area (Å²) in [6.45, 7) is 0. The quantitative estimate of drug-likeness (QED) is 0.840. The van der Waals surface area contributed by atoms with E-state index in [0.29, 0.717) is 0 Å². The minimum atomic E-state index is -4.14. The van der Waals surface area contributed by atoms with Crippen LogP contribution in [0.3, 0.4) is 0 Å². The Morgan fingerprint density at radius 1 is 0.850 bits per heavy atom. The maximum absolute atomic E-state index is 11.7. The molecule has 0 radical (unpaired) electrons. The van der Waals surface area contributed by atoms with Crippen molar-refractivity contribution in [2.24, 2.45) is 0 Å². The Morgan fingerprint density at radius 2 is 1.15 bits per heavy atom. The molecule has 0 bridgehead atoms. The Kier molecular flexibility index (Phi) is 6.91. The van der Waals surface area contributed by atoms with Gasteiger partial charge in [-0.05, 0) is 24.3 Å². The van der Waals surface area contributed by atoms with Crippen molar-refractivity contribution < 1.29 is 28.0 Å². The van der Waals surface area contributed by atoms with Gasteiger partial charge in [0.25, 0.3) is 0 Å². The van der Waals surface area contributed by atoms with Gasteiger partial charge in [-0.25, -0.2) is 9.13 Å². The van der Waals surface area contributed by atoms with E-state index in [1.165, 1.54) is 0 Å². The standard InChI is InChI=1S/C12H11O4P.HO2P/c13-17(14,15-11-7-3-1-4-8-11)16-12-9-5-2-6-10-12;1-3-2/h1-10H,(H,13,14);(H,1,2). The van der Waals surface area contributed by atoms with Crippen LogP contribution in [0.15, 0.2) is 60.7 Å². The van der Waals surface area contributed by atoms with E-state index >= 15 is 0 Å². The second kappa shape index (κ2) is 8.46. The molecule has 0 aliphatic rings. The maximum atomic E-state index is 11.7. The van der Waals surface area contributed by atoms with Crippen molar-refractivity contribution in [3.8, 4) is 11.5 Å². The van der Waals surface area contributed by atoms with Crippen molar-refractivity contribution in [3.05, 3.63) is 60.7 Å². The van der Waals surface area contributed by atoms with Crippen molar-refractivity contribution in [2.75, 3.05) is 0 Å². The molecular formula is C12H12O6P2. The molecule has 0 saturated carbocycles. The van der Waals surface area contributed by atoms with E-state index in [9.17, 15) is 9.46 Å². The topological polar surface area (TPSA) is 93.1 Å². The van der Waals surface area contributed by atoms with Gasteiger partial charge in [0.05, 0.1) is 0 Å². The molecule has 0 unspecified atom stereocenters. The Morgan fingerprint density at radius 3 is 1.45 bits per heavy atom. The molecule has 0 spiro atoms. The smallest absolute Gasteiger partial charge is 0.395 e. The molecular weight excluding hydrogens is 302 g/mol. The van der Waals surface area contributed by atoms with Crippen molar-refractivity contribution in [1.82, 2.24) is 0 Å². The Bertz CT molecular complexity index is 515. The second-order valence-electron chi connectivity index (χ2n) is 3.36. The van der Waals surface area contributed by atoms with Gasteiger partial charge in [0.1, 0.15) is 11.5 Å². The fourth-order valence-electron chi connectivity index (χ4n) is 1.25. The van der Waals surface area contributed by atoms with E-state index in [-0.39, 0.29) is 11.5 Å². The van der Waals surface area contributed by atoms with E-state index in [1.807, 2.05) is 0 Å². The zero-order valence-electron chi connectivity index (χ0n) is 10.2. The number of rotatable bonds is 4. The summed E-state index contributed by atoms with van der Waals surface area (Å²) in [6.07, 6.45) is 0. The van der Waals surface area contributed by atoms with Gasteiger partial charge in [-0.3, -0.25) is 4.89 Å². The predicted octanol–water partition coefficient (Wildman–Crippen LogP) is 3.43. The van der Waals surface area contributed by atoms with E-state index < -0.39 is 16.5 Å². The summed E-state index contributed by atoms with van der Waals surface area (Å²) < 4.78 is 29.9. The lowest BCUT2D eigenvalue weighted by Gasteiger charge is -2.13. The molecule has 20 heavy (non-hydrogen) atoms. The Balaban J connectivity index is 0.000000612. The van der Waals surface area contributed by atoms with E-state index in [1.54, 1.807) is 60.7 Å². The summed E-state index contributed by atoms with van der Waals surface area (Å²) in [6, 6.07) is 16.7. The highest BCUT2D eigenvalue weighted by atomic mass is 31.2. The largest absolute Gasteiger partial charge is 0.584 e. The lowest BCUT2D eigenvalue weighted by atomic mass is 10.3. The molecule has 6 nitrogen and oxygen atoms in total. The predicted molar refractivity (Wildman–Crippen MR) is 73.8 cm³/mol. The van der Waals surface area contributed by atoms with Crippen LogP contribution in [0.2, 0.25) is 0 Å². The molecule has 2 aromatic rings. The molecule has 0 saturated heterocycles. The first-order valence-electron chi connectivity index (χ1n) is 5.36. The minimum absolute atomic E-state index is 0.286. The normalized spacial score (nSPS) is 10.3. The summed E-state index contributed by atoms with van der Waals surface area (Å²) in [5.74, 6) is 0.573. The third-order valence-corrected chi connectivity index (χ3v) is 2.81. The van der Waals surface area contributed by atoms with Crippen LogP contribution in [0.5, 0.6) is 11.5 Å². The van der Waals surface area contributed by atoms with Gasteiger partial charge in [0, 0.05) is 0 Å². The van der Waals surface area contributed by atoms with Gasteiger partial charge in [-0.2, -0.15) is 0 Å². The van der Waals surface area contributed by atoms with Crippen LogP contribution in [-0.2, 0) is 9.13 Å². The number of hydrogen-bond donors (Lipinski definition) is 2. The SMILES string of the molecule is O=P(O)(Oc1ccccc1)Oc1ccccc1.O=PO. The van der Waals surface area contributed by atoms with Crippen molar-refractivity contribution in [3.63, 3.8) is 0 Å². The third-order valence-electron chi connectivity index (χ3n) is 1.93. The Labute approximate surface area is 117 Å². The van der Waals surface area contributed by atoms with Crippen molar-refractivity contribution >= 4 is 16.5 Å². The fraction of sp³-hybridized carbons (Fsp3) is 0. The molecule has 0 heterocycles. The van der Waals surface area contributed by atoms with Gasteiger partial charge in [0.15, 0.2) is 0 Å². The van der Waals surface area contributed by atoms with Crippen LogP contribution in [-0.4, -0.2) is 9.79 Å². The molecule has 2 aromatic carbocycles. The van der Waals surface area contributed by atoms with E-state index in [4.69, 9.17) is 18.5 Å². The molecule has 2 N–H and O–H groups in total.